The van der Waals surface area contributed by atoms with Gasteiger partial charge >= 0.3 is 0 Å². The van der Waals surface area contributed by atoms with Gasteiger partial charge in [0.15, 0.2) is 0 Å². The second-order valence-electron chi connectivity index (χ2n) is 9.83. The molecule has 1 saturated heterocycles. The van der Waals surface area contributed by atoms with E-state index in [9.17, 15) is 4.79 Å². The SMILES string of the molecule is C=C(Nc1ccc(OC)cc1)N(CCCCCN1CCOCC1)Cc1ccc(C(=O)Nc2ccccc2N)nc1. The number of pyridine rings is 1. The van der Waals surface area contributed by atoms with E-state index < -0.39 is 0 Å². The van der Waals surface area contributed by atoms with E-state index in [4.69, 9.17) is 15.2 Å². The fourth-order valence-electron chi connectivity index (χ4n) is 4.54. The van der Waals surface area contributed by atoms with Crippen molar-refractivity contribution in [1.82, 2.24) is 14.8 Å². The summed E-state index contributed by atoms with van der Waals surface area (Å²) in [5.74, 6) is 1.31. The molecule has 40 heavy (non-hydrogen) atoms. The molecule has 9 heteroatoms. The number of amides is 1. The third kappa shape index (κ3) is 8.72. The van der Waals surface area contributed by atoms with Gasteiger partial charge in [-0.3, -0.25) is 14.7 Å². The van der Waals surface area contributed by atoms with Crippen molar-refractivity contribution in [2.24, 2.45) is 0 Å². The lowest BCUT2D eigenvalue weighted by molar-refractivity contribution is 0.0371. The lowest BCUT2D eigenvalue weighted by atomic mass is 10.2. The fourth-order valence-corrected chi connectivity index (χ4v) is 4.54. The van der Waals surface area contributed by atoms with Gasteiger partial charge in [-0.2, -0.15) is 0 Å². The summed E-state index contributed by atoms with van der Waals surface area (Å²) >= 11 is 0. The Bertz CT molecular complexity index is 1230. The molecule has 2 heterocycles. The van der Waals surface area contributed by atoms with Crippen LogP contribution in [0.3, 0.4) is 0 Å². The molecule has 212 valence electrons. The second kappa shape index (κ2) is 14.9. The molecule has 2 aromatic carbocycles. The number of para-hydroxylation sites is 2. The maximum Gasteiger partial charge on any atom is 0.274 e. The molecule has 9 nitrogen and oxygen atoms in total. The van der Waals surface area contributed by atoms with Crippen molar-refractivity contribution in [3.8, 4) is 5.75 Å². The van der Waals surface area contributed by atoms with Gasteiger partial charge in [-0.25, -0.2) is 0 Å². The summed E-state index contributed by atoms with van der Waals surface area (Å²) in [6.07, 6.45) is 5.07. The molecule has 4 N–H and O–H groups in total. The summed E-state index contributed by atoms with van der Waals surface area (Å²) in [5, 5.41) is 6.25. The van der Waals surface area contributed by atoms with Gasteiger partial charge < -0.3 is 30.7 Å². The zero-order valence-electron chi connectivity index (χ0n) is 23.3. The number of rotatable bonds is 14. The van der Waals surface area contributed by atoms with Gasteiger partial charge in [0.05, 0.1) is 37.5 Å². The molecule has 1 aromatic heterocycles. The van der Waals surface area contributed by atoms with Crippen LogP contribution >= 0.6 is 0 Å². The van der Waals surface area contributed by atoms with Crippen molar-refractivity contribution in [2.75, 3.05) is 62.9 Å². The number of nitrogens with two attached hydrogens (primary N) is 1. The Labute approximate surface area is 237 Å². The summed E-state index contributed by atoms with van der Waals surface area (Å²) in [4.78, 5) is 21.8. The van der Waals surface area contributed by atoms with Crippen LogP contribution in [0, 0.1) is 0 Å². The number of anilines is 3. The molecule has 0 unspecified atom stereocenters. The van der Waals surface area contributed by atoms with Crippen molar-refractivity contribution in [3.63, 3.8) is 0 Å². The van der Waals surface area contributed by atoms with Gasteiger partial charge in [0.25, 0.3) is 5.91 Å². The van der Waals surface area contributed by atoms with E-state index in [1.165, 1.54) is 0 Å². The van der Waals surface area contributed by atoms with Gasteiger partial charge in [-0.15, -0.1) is 0 Å². The molecule has 3 aromatic rings. The first kappa shape index (κ1) is 28.9. The Morgan fingerprint density at radius 1 is 1.05 bits per heavy atom. The summed E-state index contributed by atoms with van der Waals surface area (Å²) in [7, 11) is 1.65. The van der Waals surface area contributed by atoms with Crippen LogP contribution in [0.4, 0.5) is 17.1 Å². The number of morpholine rings is 1. The monoisotopic (exact) mass is 544 g/mol. The largest absolute Gasteiger partial charge is 0.497 e. The average molecular weight is 545 g/mol. The zero-order valence-corrected chi connectivity index (χ0v) is 23.3. The number of hydrogen-bond acceptors (Lipinski definition) is 8. The van der Waals surface area contributed by atoms with E-state index in [0.717, 1.165) is 81.5 Å². The lowest BCUT2D eigenvalue weighted by Gasteiger charge is -2.28. The van der Waals surface area contributed by atoms with Crippen LogP contribution in [-0.2, 0) is 11.3 Å². The molecule has 1 aliphatic rings. The van der Waals surface area contributed by atoms with Crippen LogP contribution in [0.2, 0.25) is 0 Å². The molecule has 0 spiro atoms. The molecule has 0 radical (unpaired) electrons. The van der Waals surface area contributed by atoms with E-state index in [1.54, 1.807) is 31.5 Å². The van der Waals surface area contributed by atoms with Gasteiger partial charge in [-0.05, 0) is 67.4 Å². The standard InChI is InChI=1S/C31H40N6O3/c1-24(34-26-11-13-27(39-2)14-12-26)37(17-7-3-6-16-36-18-20-40-21-19-36)23-25-10-15-30(33-22-25)31(38)35-29-9-5-4-8-28(29)32/h4-5,8-15,22,34H,1,3,6-7,16-21,23,32H2,2H3,(H,35,38). The predicted octanol–water partition coefficient (Wildman–Crippen LogP) is 4.81. The molecule has 1 amide bonds. The molecule has 1 fully saturated rings. The van der Waals surface area contributed by atoms with Crippen LogP contribution in [0.25, 0.3) is 0 Å². The Hall–Kier alpha value is -4.08. The first-order valence-corrected chi connectivity index (χ1v) is 13.8. The molecule has 0 saturated carbocycles. The normalized spacial score (nSPS) is 13.4. The maximum atomic E-state index is 12.7. The number of nitrogen functional groups attached to an aromatic ring is 1. The lowest BCUT2D eigenvalue weighted by Crippen LogP contribution is -2.36. The third-order valence-corrected chi connectivity index (χ3v) is 6.91. The minimum absolute atomic E-state index is 0.299. The highest BCUT2D eigenvalue weighted by atomic mass is 16.5. The number of unbranched alkanes of at least 4 members (excludes halogenated alkanes) is 2. The van der Waals surface area contributed by atoms with Gasteiger partial charge in [-0.1, -0.05) is 31.2 Å². The van der Waals surface area contributed by atoms with Crippen molar-refractivity contribution >= 4 is 23.0 Å². The van der Waals surface area contributed by atoms with Crippen molar-refractivity contribution < 1.29 is 14.3 Å². The molecular formula is C31H40N6O3. The molecular weight excluding hydrogens is 504 g/mol. The summed E-state index contributed by atoms with van der Waals surface area (Å²) in [6.45, 7) is 10.6. The van der Waals surface area contributed by atoms with Crippen molar-refractivity contribution in [1.29, 1.82) is 0 Å². The van der Waals surface area contributed by atoms with E-state index >= 15 is 0 Å². The number of aromatic nitrogens is 1. The van der Waals surface area contributed by atoms with Gasteiger partial charge in [0.2, 0.25) is 0 Å². The summed E-state index contributed by atoms with van der Waals surface area (Å²) in [6, 6.07) is 18.6. The van der Waals surface area contributed by atoms with E-state index in [2.05, 4.69) is 32.0 Å². The van der Waals surface area contributed by atoms with Crippen molar-refractivity contribution in [3.05, 3.63) is 90.5 Å². The molecule has 1 aliphatic heterocycles. The predicted molar refractivity (Wildman–Crippen MR) is 160 cm³/mol. The first-order valence-electron chi connectivity index (χ1n) is 13.8. The number of nitrogens with zero attached hydrogens (tertiary/aromatic N) is 3. The van der Waals surface area contributed by atoms with Crippen LogP contribution in [0.1, 0.15) is 35.3 Å². The van der Waals surface area contributed by atoms with E-state index in [-0.39, 0.29) is 5.91 Å². The quantitative estimate of drug-likeness (QED) is 0.196. The average Bonchev–Trinajstić information content (AvgIpc) is 2.98. The summed E-state index contributed by atoms with van der Waals surface area (Å²) in [5.41, 5.74) is 9.29. The van der Waals surface area contributed by atoms with Crippen LogP contribution in [-0.4, -0.2) is 67.2 Å². The Balaban J connectivity index is 1.35. The Morgan fingerprint density at radius 3 is 2.52 bits per heavy atom. The minimum Gasteiger partial charge on any atom is -0.497 e. The topological polar surface area (TPSA) is 105 Å². The van der Waals surface area contributed by atoms with Crippen LogP contribution < -0.4 is 21.1 Å². The Morgan fingerprint density at radius 2 is 1.82 bits per heavy atom. The van der Waals surface area contributed by atoms with E-state index in [0.29, 0.717) is 23.6 Å². The van der Waals surface area contributed by atoms with Crippen molar-refractivity contribution in [2.45, 2.75) is 25.8 Å². The van der Waals surface area contributed by atoms with Crippen LogP contribution in [0.5, 0.6) is 5.75 Å². The maximum absolute atomic E-state index is 12.7. The highest BCUT2D eigenvalue weighted by molar-refractivity contribution is 6.04. The molecule has 0 atom stereocenters. The number of hydrogen-bond donors (Lipinski definition) is 3. The van der Waals surface area contributed by atoms with Gasteiger partial charge in [0, 0.05) is 38.1 Å². The number of benzene rings is 2. The smallest absolute Gasteiger partial charge is 0.274 e. The van der Waals surface area contributed by atoms with Crippen LogP contribution in [0.15, 0.2) is 79.3 Å². The highest BCUT2D eigenvalue weighted by Gasteiger charge is 2.14. The summed E-state index contributed by atoms with van der Waals surface area (Å²) < 4.78 is 10.7. The van der Waals surface area contributed by atoms with E-state index in [1.807, 2.05) is 42.5 Å². The molecule has 0 aliphatic carbocycles. The number of carbonyl (C=O) groups excluding carboxylic acids is 1. The Kier molecular flexibility index (Phi) is 10.8. The number of carbonyl (C=O) groups is 1. The zero-order chi connectivity index (χ0) is 28.2. The molecule has 0 bridgehead atoms. The first-order chi connectivity index (χ1) is 19.5. The van der Waals surface area contributed by atoms with Gasteiger partial charge in [0.1, 0.15) is 11.4 Å². The molecule has 4 rings (SSSR count). The highest BCUT2D eigenvalue weighted by Crippen LogP contribution is 2.20. The minimum atomic E-state index is -0.299. The fraction of sp³-hybridized carbons (Fsp3) is 0.355. The number of ether oxygens (including phenoxy) is 2. The number of nitrogens with one attached hydrogen (secondary N) is 2. The second-order valence-corrected chi connectivity index (χ2v) is 9.83. The third-order valence-electron chi connectivity index (χ3n) is 6.91. The number of methoxy groups -OCH3 is 1.